The number of benzene rings is 1. The molecule has 7 heteroatoms. The van der Waals surface area contributed by atoms with E-state index in [1.165, 1.54) is 26.2 Å². The molecular formula is C17H26N2O4S. The Hall–Kier alpha value is -1.60. The summed E-state index contributed by atoms with van der Waals surface area (Å²) in [5.74, 6) is 0.596. The highest BCUT2D eigenvalue weighted by atomic mass is 32.2. The summed E-state index contributed by atoms with van der Waals surface area (Å²) in [5.41, 5.74) is 0.366. The third-order valence-electron chi connectivity index (χ3n) is 3.97. The number of carbonyl (C=O) groups excluding carboxylic acids is 1. The molecule has 1 amide bonds. The third kappa shape index (κ3) is 4.48. The maximum Gasteiger partial charge on any atom is 0.243 e. The van der Waals surface area contributed by atoms with E-state index in [2.05, 4.69) is 19.2 Å². The molecule has 0 aromatic heterocycles. The number of rotatable bonds is 8. The number of sulfonamides is 1. The molecule has 0 aliphatic heterocycles. The van der Waals surface area contributed by atoms with E-state index in [1.807, 2.05) is 0 Å². The Morgan fingerprint density at radius 3 is 2.54 bits per heavy atom. The lowest BCUT2D eigenvalue weighted by atomic mass is 10.1. The number of carbonyl (C=O) groups is 1. The predicted octanol–water partition coefficient (Wildman–Crippen LogP) is 2.85. The second kappa shape index (κ2) is 7.53. The SMILES string of the molecule is COc1ccc(S(=O)(=O)N(CCC(C)C)C2CC2)cc1NC(C)=O. The van der Waals surface area contributed by atoms with Crippen molar-refractivity contribution in [1.29, 1.82) is 0 Å². The highest BCUT2D eigenvalue weighted by Gasteiger charge is 2.38. The van der Waals surface area contributed by atoms with E-state index < -0.39 is 10.0 Å². The molecule has 1 fully saturated rings. The zero-order chi connectivity index (χ0) is 17.9. The van der Waals surface area contributed by atoms with Crippen LogP contribution in [-0.4, -0.2) is 38.3 Å². The summed E-state index contributed by atoms with van der Waals surface area (Å²) in [6.07, 6.45) is 2.64. The van der Waals surface area contributed by atoms with Crippen LogP contribution < -0.4 is 10.1 Å². The van der Waals surface area contributed by atoms with Crippen LogP contribution in [0.5, 0.6) is 5.75 Å². The number of methoxy groups -OCH3 is 1. The van der Waals surface area contributed by atoms with Gasteiger partial charge in [0.2, 0.25) is 15.9 Å². The van der Waals surface area contributed by atoms with Gasteiger partial charge < -0.3 is 10.1 Å². The van der Waals surface area contributed by atoms with Gasteiger partial charge in [-0.15, -0.1) is 0 Å². The molecule has 0 bridgehead atoms. The van der Waals surface area contributed by atoms with Crippen LogP contribution in [0.3, 0.4) is 0 Å². The average molecular weight is 354 g/mol. The van der Waals surface area contributed by atoms with Gasteiger partial charge in [0.15, 0.2) is 0 Å². The Labute approximate surface area is 144 Å². The molecule has 0 saturated heterocycles. The summed E-state index contributed by atoms with van der Waals surface area (Å²) < 4.78 is 32.9. The van der Waals surface area contributed by atoms with Gasteiger partial charge in [-0.3, -0.25) is 4.79 Å². The molecule has 1 aromatic rings. The summed E-state index contributed by atoms with van der Waals surface area (Å²) in [7, 11) is -2.11. The topological polar surface area (TPSA) is 75.7 Å². The zero-order valence-corrected chi connectivity index (χ0v) is 15.5. The van der Waals surface area contributed by atoms with Crippen molar-refractivity contribution in [3.63, 3.8) is 0 Å². The van der Waals surface area contributed by atoms with Crippen molar-refractivity contribution in [2.75, 3.05) is 19.0 Å². The van der Waals surface area contributed by atoms with Crippen LogP contribution in [-0.2, 0) is 14.8 Å². The first-order valence-corrected chi connectivity index (χ1v) is 9.67. The lowest BCUT2D eigenvalue weighted by Gasteiger charge is -2.23. The van der Waals surface area contributed by atoms with Crippen LogP contribution in [0.15, 0.2) is 23.1 Å². The Balaban J connectivity index is 2.34. The molecule has 24 heavy (non-hydrogen) atoms. The summed E-state index contributed by atoms with van der Waals surface area (Å²) in [6.45, 7) is 6.06. The zero-order valence-electron chi connectivity index (χ0n) is 14.7. The summed E-state index contributed by atoms with van der Waals surface area (Å²) in [4.78, 5) is 11.5. The first-order valence-electron chi connectivity index (χ1n) is 8.23. The molecule has 0 unspecified atom stereocenters. The van der Waals surface area contributed by atoms with Gasteiger partial charge in [-0.25, -0.2) is 8.42 Å². The van der Waals surface area contributed by atoms with Crippen LogP contribution in [0.1, 0.15) is 40.0 Å². The highest BCUT2D eigenvalue weighted by Crippen LogP contribution is 2.35. The minimum Gasteiger partial charge on any atom is -0.495 e. The van der Waals surface area contributed by atoms with E-state index in [0.29, 0.717) is 23.9 Å². The number of anilines is 1. The first-order chi connectivity index (χ1) is 11.3. The van der Waals surface area contributed by atoms with E-state index in [9.17, 15) is 13.2 Å². The van der Waals surface area contributed by atoms with Gasteiger partial charge in [0.1, 0.15) is 5.75 Å². The number of nitrogens with zero attached hydrogens (tertiary/aromatic N) is 1. The molecule has 0 radical (unpaired) electrons. The standard InChI is InChI=1S/C17H26N2O4S/c1-12(2)9-10-19(14-5-6-14)24(21,22)15-7-8-17(23-4)16(11-15)18-13(3)20/h7-8,11-12,14H,5-6,9-10H2,1-4H3,(H,18,20). The minimum atomic E-state index is -3.59. The molecule has 0 atom stereocenters. The van der Waals surface area contributed by atoms with E-state index >= 15 is 0 Å². The highest BCUT2D eigenvalue weighted by molar-refractivity contribution is 7.89. The molecule has 1 aliphatic carbocycles. The second-order valence-electron chi connectivity index (χ2n) is 6.57. The molecule has 134 valence electrons. The number of nitrogens with one attached hydrogen (secondary N) is 1. The van der Waals surface area contributed by atoms with Crippen molar-refractivity contribution < 1.29 is 17.9 Å². The molecule has 1 aromatic carbocycles. The second-order valence-corrected chi connectivity index (χ2v) is 8.46. The number of hydrogen-bond acceptors (Lipinski definition) is 4. The Morgan fingerprint density at radius 2 is 2.04 bits per heavy atom. The Bertz CT molecular complexity index is 697. The summed E-state index contributed by atoms with van der Waals surface area (Å²) >= 11 is 0. The maximum absolute atomic E-state index is 13.0. The lowest BCUT2D eigenvalue weighted by molar-refractivity contribution is -0.114. The fraction of sp³-hybridized carbons (Fsp3) is 0.588. The lowest BCUT2D eigenvalue weighted by Crippen LogP contribution is -2.34. The van der Waals surface area contributed by atoms with Crippen LogP contribution in [0, 0.1) is 5.92 Å². The van der Waals surface area contributed by atoms with Gasteiger partial charge in [-0.2, -0.15) is 4.31 Å². The molecule has 1 saturated carbocycles. The molecule has 0 spiro atoms. The smallest absolute Gasteiger partial charge is 0.243 e. The fourth-order valence-corrected chi connectivity index (χ4v) is 4.24. The minimum absolute atomic E-state index is 0.0973. The largest absolute Gasteiger partial charge is 0.495 e. The van der Waals surface area contributed by atoms with Crippen molar-refractivity contribution in [2.45, 2.75) is 51.0 Å². The average Bonchev–Trinajstić information content (AvgIpc) is 3.31. The number of hydrogen-bond donors (Lipinski definition) is 1. The summed E-state index contributed by atoms with van der Waals surface area (Å²) in [5, 5.41) is 2.62. The van der Waals surface area contributed by atoms with Gasteiger partial charge in [0.05, 0.1) is 17.7 Å². The van der Waals surface area contributed by atoms with Gasteiger partial charge >= 0.3 is 0 Å². The molecule has 1 aliphatic rings. The quantitative estimate of drug-likeness (QED) is 0.779. The molecule has 1 N–H and O–H groups in total. The van der Waals surface area contributed by atoms with E-state index in [0.717, 1.165) is 19.3 Å². The normalized spacial score (nSPS) is 14.9. The predicted molar refractivity (Wildman–Crippen MR) is 93.7 cm³/mol. The van der Waals surface area contributed by atoms with Crippen molar-refractivity contribution in [3.8, 4) is 5.75 Å². The third-order valence-corrected chi connectivity index (χ3v) is 5.92. The van der Waals surface area contributed by atoms with Crippen LogP contribution in [0.2, 0.25) is 0 Å². The molecule has 6 nitrogen and oxygen atoms in total. The van der Waals surface area contributed by atoms with Crippen LogP contribution >= 0.6 is 0 Å². The monoisotopic (exact) mass is 354 g/mol. The molecular weight excluding hydrogens is 328 g/mol. The van der Waals surface area contributed by atoms with Crippen molar-refractivity contribution in [3.05, 3.63) is 18.2 Å². The van der Waals surface area contributed by atoms with E-state index in [1.54, 1.807) is 10.4 Å². The van der Waals surface area contributed by atoms with Crippen molar-refractivity contribution >= 4 is 21.6 Å². The van der Waals surface area contributed by atoms with Crippen molar-refractivity contribution in [1.82, 2.24) is 4.31 Å². The summed E-state index contributed by atoms with van der Waals surface area (Å²) in [6, 6.07) is 4.68. The Morgan fingerprint density at radius 1 is 1.38 bits per heavy atom. The van der Waals surface area contributed by atoms with Crippen molar-refractivity contribution in [2.24, 2.45) is 5.92 Å². The number of ether oxygens (including phenoxy) is 1. The van der Waals surface area contributed by atoms with E-state index in [-0.39, 0.29) is 16.8 Å². The fourth-order valence-electron chi connectivity index (χ4n) is 2.52. The molecule has 2 rings (SSSR count). The molecule has 0 heterocycles. The van der Waals surface area contributed by atoms with Gasteiger partial charge in [-0.1, -0.05) is 13.8 Å². The van der Waals surface area contributed by atoms with Crippen LogP contribution in [0.4, 0.5) is 5.69 Å². The van der Waals surface area contributed by atoms with Gasteiger partial charge in [-0.05, 0) is 43.4 Å². The number of amides is 1. The van der Waals surface area contributed by atoms with Gasteiger partial charge in [0.25, 0.3) is 0 Å². The van der Waals surface area contributed by atoms with E-state index in [4.69, 9.17) is 4.74 Å². The van der Waals surface area contributed by atoms with Crippen LogP contribution in [0.25, 0.3) is 0 Å². The Kier molecular flexibility index (Phi) is 5.87. The van der Waals surface area contributed by atoms with Gasteiger partial charge in [0, 0.05) is 19.5 Å². The first kappa shape index (κ1) is 18.7. The maximum atomic E-state index is 13.0.